The minimum atomic E-state index is -3.34. The van der Waals surface area contributed by atoms with Crippen molar-refractivity contribution in [3.05, 3.63) is 54.1 Å². The molecule has 7 nitrogen and oxygen atoms in total. The van der Waals surface area contributed by atoms with Crippen molar-refractivity contribution in [1.29, 1.82) is 0 Å². The molecule has 0 spiro atoms. The van der Waals surface area contributed by atoms with Crippen molar-refractivity contribution in [3.63, 3.8) is 0 Å². The fourth-order valence-corrected chi connectivity index (χ4v) is 3.45. The quantitative estimate of drug-likeness (QED) is 0.324. The topological polar surface area (TPSA) is 103 Å². The number of ether oxygens (including phenoxy) is 2. The van der Waals surface area contributed by atoms with E-state index < -0.39 is 9.84 Å². The molecule has 0 radical (unpaired) electrons. The highest BCUT2D eigenvalue weighted by Gasteiger charge is 2.13. The molecule has 0 aliphatic heterocycles. The van der Waals surface area contributed by atoms with Gasteiger partial charge in [0, 0.05) is 6.54 Å². The van der Waals surface area contributed by atoms with E-state index in [1.165, 1.54) is 0 Å². The van der Waals surface area contributed by atoms with E-state index >= 15 is 0 Å². The van der Waals surface area contributed by atoms with Crippen LogP contribution in [0.25, 0.3) is 0 Å². The van der Waals surface area contributed by atoms with Crippen molar-refractivity contribution in [1.82, 2.24) is 5.32 Å². The molecule has 0 amide bonds. The Hall–Kier alpha value is -2.01. The van der Waals surface area contributed by atoms with Crippen LogP contribution in [0.3, 0.4) is 0 Å². The average molecular weight is 505 g/mol. The third-order valence-corrected chi connectivity index (χ3v) is 5.39. The lowest BCUT2D eigenvalue weighted by Crippen LogP contribution is -2.35. The first-order valence-corrected chi connectivity index (χ1v) is 9.64. The molecule has 0 saturated carbocycles. The van der Waals surface area contributed by atoms with Crippen LogP contribution in [0, 0.1) is 0 Å². The van der Waals surface area contributed by atoms with Crippen LogP contribution in [0.2, 0.25) is 0 Å². The van der Waals surface area contributed by atoms with E-state index in [9.17, 15) is 8.42 Å². The monoisotopic (exact) mass is 505 g/mol. The molecule has 0 heterocycles. The first-order chi connectivity index (χ1) is 12.5. The molecule has 0 bridgehead atoms. The van der Waals surface area contributed by atoms with Gasteiger partial charge < -0.3 is 20.5 Å². The molecule has 0 aliphatic carbocycles. The van der Waals surface area contributed by atoms with Gasteiger partial charge in [0.15, 0.2) is 27.3 Å². The normalized spacial score (nSPS) is 11.4. The minimum absolute atomic E-state index is 0. The van der Waals surface area contributed by atoms with Crippen molar-refractivity contribution in [2.24, 2.45) is 10.7 Å². The highest BCUT2D eigenvalue weighted by atomic mass is 127. The van der Waals surface area contributed by atoms with E-state index in [1.54, 1.807) is 50.6 Å². The lowest BCUT2D eigenvalue weighted by atomic mass is 10.2. The van der Waals surface area contributed by atoms with Crippen molar-refractivity contribution in [3.8, 4) is 11.5 Å². The molecule has 27 heavy (non-hydrogen) atoms. The number of benzene rings is 2. The van der Waals surface area contributed by atoms with Crippen LogP contribution in [-0.4, -0.2) is 40.9 Å². The number of halogens is 1. The van der Waals surface area contributed by atoms with E-state index in [-0.39, 0.29) is 42.2 Å². The number of rotatable bonds is 8. The molecule has 9 heteroatoms. The predicted octanol–water partition coefficient (Wildman–Crippen LogP) is 2.20. The number of hydrogen-bond acceptors (Lipinski definition) is 5. The zero-order valence-corrected chi connectivity index (χ0v) is 18.4. The number of nitrogens with zero attached hydrogens (tertiary/aromatic N) is 1. The van der Waals surface area contributed by atoms with Gasteiger partial charge in [0.1, 0.15) is 0 Å². The van der Waals surface area contributed by atoms with Gasteiger partial charge in [-0.1, -0.05) is 24.3 Å². The van der Waals surface area contributed by atoms with Gasteiger partial charge in [-0.15, -0.1) is 24.0 Å². The van der Waals surface area contributed by atoms with Crippen molar-refractivity contribution < 1.29 is 17.9 Å². The summed E-state index contributed by atoms with van der Waals surface area (Å²) in [6.45, 7) is 0.517. The summed E-state index contributed by atoms with van der Waals surface area (Å²) in [6, 6.07) is 13.8. The number of nitrogens with two attached hydrogens (primary N) is 1. The van der Waals surface area contributed by atoms with Gasteiger partial charge in [-0.2, -0.15) is 0 Å². The van der Waals surface area contributed by atoms with Crippen molar-refractivity contribution >= 4 is 39.8 Å². The highest BCUT2D eigenvalue weighted by Crippen LogP contribution is 2.27. The third-order valence-electron chi connectivity index (χ3n) is 3.66. The maximum Gasteiger partial charge on any atom is 0.188 e. The Morgan fingerprint density at radius 1 is 1.07 bits per heavy atom. The van der Waals surface area contributed by atoms with Crippen LogP contribution < -0.4 is 20.5 Å². The van der Waals surface area contributed by atoms with Crippen molar-refractivity contribution in [2.75, 3.05) is 26.5 Å². The largest absolute Gasteiger partial charge is 0.493 e. The minimum Gasteiger partial charge on any atom is -0.493 e. The molecule has 0 aliphatic rings. The second-order valence-corrected chi connectivity index (χ2v) is 7.56. The Balaban J connectivity index is 0.00000364. The fraction of sp³-hybridized carbons (Fsp3) is 0.278. The summed E-state index contributed by atoms with van der Waals surface area (Å²) in [5.41, 5.74) is 6.70. The van der Waals surface area contributed by atoms with Gasteiger partial charge in [0.05, 0.1) is 31.4 Å². The summed E-state index contributed by atoms with van der Waals surface area (Å²) in [5.74, 6) is 1.37. The number of nitrogens with one attached hydrogen (secondary N) is 1. The molecule has 2 aromatic rings. The maximum absolute atomic E-state index is 12.2. The first-order valence-electron chi connectivity index (χ1n) is 7.99. The van der Waals surface area contributed by atoms with Gasteiger partial charge >= 0.3 is 0 Å². The zero-order valence-electron chi connectivity index (χ0n) is 15.2. The van der Waals surface area contributed by atoms with E-state index in [0.717, 1.165) is 5.56 Å². The number of methoxy groups -OCH3 is 2. The second kappa shape index (κ2) is 11.0. The van der Waals surface area contributed by atoms with E-state index in [1.807, 2.05) is 12.1 Å². The highest BCUT2D eigenvalue weighted by molar-refractivity contribution is 14.0. The standard InChI is InChI=1S/C18H23N3O4S.HI/c1-24-16-9-8-14(12-17(16)25-2)13-21-18(19)20-10-11-26(22,23)15-6-4-3-5-7-15;/h3-9,12H,10-11,13H2,1-2H3,(H3,19,20,21);1H. The molecule has 0 atom stereocenters. The molecular formula is C18H24IN3O4S. The summed E-state index contributed by atoms with van der Waals surface area (Å²) in [7, 11) is -0.209. The van der Waals surface area contributed by atoms with Gasteiger partial charge in [0.2, 0.25) is 0 Å². The molecule has 0 aromatic heterocycles. The van der Waals surface area contributed by atoms with E-state index in [0.29, 0.717) is 22.9 Å². The van der Waals surface area contributed by atoms with Crippen molar-refractivity contribution in [2.45, 2.75) is 11.4 Å². The van der Waals surface area contributed by atoms with Crippen LogP contribution in [-0.2, 0) is 16.4 Å². The Morgan fingerprint density at radius 3 is 2.37 bits per heavy atom. The maximum atomic E-state index is 12.2. The third kappa shape index (κ3) is 6.90. The summed E-state index contributed by atoms with van der Waals surface area (Å²) in [5, 5.41) is 2.82. The zero-order chi connectivity index (χ0) is 19.0. The molecule has 2 rings (SSSR count). The lowest BCUT2D eigenvalue weighted by Gasteiger charge is -2.09. The average Bonchev–Trinajstić information content (AvgIpc) is 2.66. The van der Waals surface area contributed by atoms with Gasteiger partial charge in [-0.25, -0.2) is 13.4 Å². The molecule has 148 valence electrons. The lowest BCUT2D eigenvalue weighted by molar-refractivity contribution is 0.354. The first kappa shape index (κ1) is 23.0. The smallest absolute Gasteiger partial charge is 0.188 e. The number of aliphatic imine (C=N–C) groups is 1. The Bertz CT molecular complexity index is 858. The van der Waals surface area contributed by atoms with Crippen LogP contribution in [0.5, 0.6) is 11.5 Å². The molecule has 0 saturated heterocycles. The van der Waals surface area contributed by atoms with Gasteiger partial charge in [-0.05, 0) is 29.8 Å². The Morgan fingerprint density at radius 2 is 1.74 bits per heavy atom. The van der Waals surface area contributed by atoms with Gasteiger partial charge in [-0.3, -0.25) is 0 Å². The molecule has 3 N–H and O–H groups in total. The number of guanidine groups is 1. The summed E-state index contributed by atoms with van der Waals surface area (Å²) >= 11 is 0. The van der Waals surface area contributed by atoms with Crippen LogP contribution >= 0.6 is 24.0 Å². The molecular weight excluding hydrogens is 481 g/mol. The predicted molar refractivity (Wildman–Crippen MR) is 117 cm³/mol. The molecule has 0 fully saturated rings. The Labute approximate surface area is 176 Å². The van der Waals surface area contributed by atoms with Crippen LogP contribution in [0.15, 0.2) is 58.4 Å². The number of sulfone groups is 1. The van der Waals surface area contributed by atoms with E-state index in [2.05, 4.69) is 10.3 Å². The van der Waals surface area contributed by atoms with Gasteiger partial charge in [0.25, 0.3) is 0 Å². The fourth-order valence-electron chi connectivity index (χ4n) is 2.27. The SMILES string of the molecule is COc1ccc(CN=C(N)NCCS(=O)(=O)c2ccccc2)cc1OC.I. The summed E-state index contributed by atoms with van der Waals surface area (Å²) < 4.78 is 34.8. The molecule has 0 unspecified atom stereocenters. The summed E-state index contributed by atoms with van der Waals surface area (Å²) in [6.07, 6.45) is 0. The van der Waals surface area contributed by atoms with Crippen LogP contribution in [0.4, 0.5) is 0 Å². The summed E-state index contributed by atoms with van der Waals surface area (Å²) in [4.78, 5) is 4.50. The second-order valence-electron chi connectivity index (χ2n) is 5.45. The number of hydrogen-bond donors (Lipinski definition) is 2. The Kier molecular flexibility index (Phi) is 9.36. The molecule has 2 aromatic carbocycles. The van der Waals surface area contributed by atoms with E-state index in [4.69, 9.17) is 15.2 Å². The van der Waals surface area contributed by atoms with Crippen LogP contribution in [0.1, 0.15) is 5.56 Å².